The first-order chi connectivity index (χ1) is 9.90. The Morgan fingerprint density at radius 2 is 2.00 bits per heavy atom. The van der Waals surface area contributed by atoms with Gasteiger partial charge in [0, 0.05) is 6.42 Å². The second-order valence-corrected chi connectivity index (χ2v) is 7.49. The molecule has 0 radical (unpaired) electrons. The molecule has 1 N–H and O–H groups in total. The molecule has 21 heavy (non-hydrogen) atoms. The number of ether oxygens (including phenoxy) is 1. The Bertz CT molecular complexity index is 589. The van der Waals surface area contributed by atoms with Crippen molar-refractivity contribution in [3.63, 3.8) is 0 Å². The van der Waals surface area contributed by atoms with Crippen LogP contribution in [0.1, 0.15) is 45.1 Å². The number of nitrogens with zero attached hydrogens (tertiary/aromatic N) is 1. The maximum Gasteiger partial charge on any atom is 0.124 e. The maximum atomic E-state index is 11.3. The van der Waals surface area contributed by atoms with Crippen molar-refractivity contribution in [3.05, 3.63) is 29.8 Å². The number of aliphatic hydroxyl groups is 1. The lowest BCUT2D eigenvalue weighted by atomic mass is 9.57. The summed E-state index contributed by atoms with van der Waals surface area (Å²) in [5.41, 5.74) is -0.689. The lowest BCUT2D eigenvalue weighted by molar-refractivity contribution is -0.128. The number of rotatable bonds is 1. The zero-order chi connectivity index (χ0) is 15.1. The highest BCUT2D eigenvalue weighted by Crippen LogP contribution is 2.52. The summed E-state index contributed by atoms with van der Waals surface area (Å²) in [6.07, 6.45) is 4.00. The third-order valence-electron chi connectivity index (χ3n) is 5.26. The van der Waals surface area contributed by atoms with Crippen LogP contribution in [-0.4, -0.2) is 17.3 Å². The molecule has 1 aromatic carbocycles. The van der Waals surface area contributed by atoms with Gasteiger partial charge >= 0.3 is 0 Å². The molecule has 0 bridgehead atoms. The molecule has 3 heteroatoms. The minimum atomic E-state index is -0.961. The van der Waals surface area contributed by atoms with Crippen LogP contribution >= 0.6 is 0 Å². The molecule has 2 aliphatic rings. The van der Waals surface area contributed by atoms with E-state index in [2.05, 4.69) is 19.9 Å². The van der Waals surface area contributed by atoms with E-state index in [0.29, 0.717) is 19.3 Å². The summed E-state index contributed by atoms with van der Waals surface area (Å²) in [6.45, 7) is 4.65. The van der Waals surface area contributed by atoms with Crippen LogP contribution < -0.4 is 4.74 Å². The smallest absolute Gasteiger partial charge is 0.124 e. The van der Waals surface area contributed by atoms with E-state index < -0.39 is 11.0 Å². The highest BCUT2D eigenvalue weighted by molar-refractivity contribution is 5.39. The maximum absolute atomic E-state index is 11.3. The number of hydrogen-bond donors (Lipinski definition) is 1. The number of fused-ring (bicyclic) bond motifs is 1. The van der Waals surface area contributed by atoms with E-state index in [1.807, 2.05) is 24.3 Å². The Kier molecular flexibility index (Phi) is 3.26. The molecule has 3 rings (SSSR count). The molecule has 0 amide bonds. The fourth-order valence-electron chi connectivity index (χ4n) is 4.08. The van der Waals surface area contributed by atoms with Gasteiger partial charge in [-0.3, -0.25) is 0 Å². The number of nitriles is 1. The van der Waals surface area contributed by atoms with E-state index in [9.17, 15) is 10.4 Å². The van der Waals surface area contributed by atoms with Crippen LogP contribution in [0.3, 0.4) is 0 Å². The van der Waals surface area contributed by atoms with Crippen LogP contribution in [0.2, 0.25) is 0 Å². The van der Waals surface area contributed by atoms with E-state index in [-0.39, 0.29) is 12.0 Å². The van der Waals surface area contributed by atoms with Gasteiger partial charge in [0.2, 0.25) is 0 Å². The molecule has 1 fully saturated rings. The summed E-state index contributed by atoms with van der Waals surface area (Å²) < 4.78 is 5.83. The summed E-state index contributed by atoms with van der Waals surface area (Å²) in [7, 11) is 0. The van der Waals surface area contributed by atoms with Crippen LogP contribution in [0.5, 0.6) is 5.75 Å². The van der Waals surface area contributed by atoms with Gasteiger partial charge in [-0.15, -0.1) is 0 Å². The highest BCUT2D eigenvalue weighted by Gasteiger charge is 2.56. The fourth-order valence-corrected chi connectivity index (χ4v) is 4.08. The first-order valence-corrected chi connectivity index (χ1v) is 7.74. The van der Waals surface area contributed by atoms with Crippen molar-refractivity contribution >= 4 is 0 Å². The minimum absolute atomic E-state index is 0.0772. The first kappa shape index (κ1) is 14.4. The van der Waals surface area contributed by atoms with Crippen LogP contribution in [0.25, 0.3) is 0 Å². The third-order valence-corrected chi connectivity index (χ3v) is 5.26. The standard InChI is InChI=1S/C18H23NO2/c1-16(2)8-5-9-18(20,11-16)17(12-19)10-14-6-3-4-7-15(14)21-13-17/h3-4,6-7,20H,5,8-11,13H2,1-2H3. The van der Waals surface area contributed by atoms with Crippen LogP contribution in [-0.2, 0) is 6.42 Å². The molecule has 3 nitrogen and oxygen atoms in total. The molecular formula is C18H23NO2. The minimum Gasteiger partial charge on any atom is -0.492 e. The molecule has 1 aliphatic carbocycles. The number of benzene rings is 1. The van der Waals surface area contributed by atoms with Crippen molar-refractivity contribution in [2.75, 3.05) is 6.61 Å². The summed E-state index contributed by atoms with van der Waals surface area (Å²) in [4.78, 5) is 0. The number of para-hydroxylation sites is 1. The zero-order valence-electron chi connectivity index (χ0n) is 12.9. The van der Waals surface area contributed by atoms with Gasteiger partial charge in [-0.2, -0.15) is 5.26 Å². The van der Waals surface area contributed by atoms with E-state index in [1.165, 1.54) is 0 Å². The van der Waals surface area contributed by atoms with Gasteiger partial charge in [-0.1, -0.05) is 32.0 Å². The van der Waals surface area contributed by atoms with E-state index in [0.717, 1.165) is 24.2 Å². The first-order valence-electron chi connectivity index (χ1n) is 7.74. The van der Waals surface area contributed by atoms with Gasteiger partial charge in [0.15, 0.2) is 0 Å². The predicted octanol–water partition coefficient (Wildman–Crippen LogP) is 3.46. The van der Waals surface area contributed by atoms with Gasteiger partial charge in [-0.05, 0) is 42.7 Å². The lowest BCUT2D eigenvalue weighted by Gasteiger charge is -2.51. The Hall–Kier alpha value is -1.53. The molecule has 0 aromatic heterocycles. The van der Waals surface area contributed by atoms with E-state index in [1.54, 1.807) is 0 Å². The molecule has 0 spiro atoms. The molecule has 2 unspecified atom stereocenters. The van der Waals surface area contributed by atoms with Crippen molar-refractivity contribution < 1.29 is 9.84 Å². The monoisotopic (exact) mass is 285 g/mol. The van der Waals surface area contributed by atoms with Gasteiger partial charge in [0.05, 0.1) is 11.7 Å². The Morgan fingerprint density at radius 1 is 1.24 bits per heavy atom. The third kappa shape index (κ3) is 2.32. The molecular weight excluding hydrogens is 262 g/mol. The lowest BCUT2D eigenvalue weighted by Crippen LogP contribution is -2.57. The average molecular weight is 285 g/mol. The second-order valence-electron chi connectivity index (χ2n) is 7.49. The predicted molar refractivity (Wildman–Crippen MR) is 80.9 cm³/mol. The quantitative estimate of drug-likeness (QED) is 0.859. The van der Waals surface area contributed by atoms with Crippen molar-refractivity contribution in [2.24, 2.45) is 10.8 Å². The van der Waals surface area contributed by atoms with Gasteiger partial charge in [0.25, 0.3) is 0 Å². The summed E-state index contributed by atoms with van der Waals surface area (Å²) in [5, 5.41) is 21.2. The van der Waals surface area contributed by atoms with E-state index >= 15 is 0 Å². The molecule has 0 saturated heterocycles. The molecule has 1 heterocycles. The highest BCUT2D eigenvalue weighted by atomic mass is 16.5. The zero-order valence-corrected chi connectivity index (χ0v) is 12.9. The number of hydrogen-bond acceptors (Lipinski definition) is 3. The SMILES string of the molecule is CC1(C)CCCC(O)(C2(C#N)COc3ccccc3C2)C1. The van der Waals surface area contributed by atoms with Crippen LogP contribution in [0.15, 0.2) is 24.3 Å². The van der Waals surface area contributed by atoms with Crippen LogP contribution in [0.4, 0.5) is 0 Å². The summed E-state index contributed by atoms with van der Waals surface area (Å²) in [6, 6.07) is 10.3. The molecule has 112 valence electrons. The normalized spacial score (nSPS) is 34.4. The van der Waals surface area contributed by atoms with Gasteiger partial charge in [-0.25, -0.2) is 0 Å². The Labute approximate surface area is 126 Å². The Balaban J connectivity index is 1.97. The molecule has 1 saturated carbocycles. The van der Waals surface area contributed by atoms with Crippen molar-refractivity contribution in [1.29, 1.82) is 5.26 Å². The van der Waals surface area contributed by atoms with Crippen molar-refractivity contribution in [3.8, 4) is 11.8 Å². The second kappa shape index (κ2) is 4.74. The topological polar surface area (TPSA) is 53.2 Å². The van der Waals surface area contributed by atoms with E-state index in [4.69, 9.17) is 4.74 Å². The molecule has 1 aliphatic heterocycles. The van der Waals surface area contributed by atoms with Crippen molar-refractivity contribution in [2.45, 2.75) is 51.6 Å². The molecule has 2 atom stereocenters. The largest absolute Gasteiger partial charge is 0.492 e. The van der Waals surface area contributed by atoms with Crippen LogP contribution in [0, 0.1) is 22.2 Å². The average Bonchev–Trinajstić information content (AvgIpc) is 2.45. The van der Waals surface area contributed by atoms with Crippen molar-refractivity contribution in [1.82, 2.24) is 0 Å². The molecule has 1 aromatic rings. The summed E-state index contributed by atoms with van der Waals surface area (Å²) in [5.74, 6) is 0.849. The fraction of sp³-hybridized carbons (Fsp3) is 0.611. The summed E-state index contributed by atoms with van der Waals surface area (Å²) >= 11 is 0. The van der Waals surface area contributed by atoms with Gasteiger partial charge in [0.1, 0.15) is 17.8 Å². The van der Waals surface area contributed by atoms with Gasteiger partial charge < -0.3 is 9.84 Å². The Morgan fingerprint density at radius 3 is 2.71 bits per heavy atom.